The van der Waals surface area contributed by atoms with Crippen LogP contribution >= 0.6 is 11.3 Å². The van der Waals surface area contributed by atoms with E-state index in [9.17, 15) is 9.59 Å². The number of rotatable bonds is 10. The van der Waals surface area contributed by atoms with Crippen molar-refractivity contribution in [1.82, 2.24) is 30.1 Å². The number of morpholine rings is 1. The van der Waals surface area contributed by atoms with Crippen LogP contribution in [0.3, 0.4) is 0 Å². The summed E-state index contributed by atoms with van der Waals surface area (Å²) in [5.74, 6) is -0.338. The lowest BCUT2D eigenvalue weighted by Crippen LogP contribution is -2.52. The lowest BCUT2D eigenvalue weighted by Gasteiger charge is -2.35. The molecule has 1 saturated heterocycles. The summed E-state index contributed by atoms with van der Waals surface area (Å²) in [6.45, 7) is 10.1. The molecule has 10 heteroatoms. The van der Waals surface area contributed by atoms with Gasteiger partial charge in [-0.1, -0.05) is 30.3 Å². The summed E-state index contributed by atoms with van der Waals surface area (Å²) in [6.07, 6.45) is 0.780. The maximum absolute atomic E-state index is 13.8. The van der Waals surface area contributed by atoms with E-state index < -0.39 is 6.04 Å². The third kappa shape index (κ3) is 6.25. The molecule has 3 heterocycles. The molecule has 9 nitrogen and oxygen atoms in total. The lowest BCUT2D eigenvalue weighted by molar-refractivity contribution is -0.142. The second kappa shape index (κ2) is 11.3. The Hall–Kier alpha value is -2.82. The first-order valence-electron chi connectivity index (χ1n) is 12.1. The third-order valence-electron chi connectivity index (χ3n) is 6.50. The molecule has 0 spiro atoms. The molecule has 0 aliphatic carbocycles. The van der Waals surface area contributed by atoms with Gasteiger partial charge >= 0.3 is 0 Å². The van der Waals surface area contributed by atoms with Gasteiger partial charge in [-0.25, -0.2) is 4.68 Å². The molecule has 0 bridgehead atoms. The molecule has 0 saturated carbocycles. The van der Waals surface area contributed by atoms with Crippen molar-refractivity contribution < 1.29 is 14.3 Å². The van der Waals surface area contributed by atoms with Crippen LogP contribution in [0.2, 0.25) is 0 Å². The number of amides is 2. The molecular weight excluding hydrogens is 464 g/mol. The smallest absolute Gasteiger partial charge is 0.248 e. The molecule has 1 unspecified atom stereocenters. The molecule has 4 rings (SSSR count). The molecule has 1 atom stereocenters. The highest BCUT2D eigenvalue weighted by atomic mass is 32.1. The monoisotopic (exact) mass is 498 g/mol. The average molecular weight is 499 g/mol. The standard InChI is InChI=1S/C25H34N6O3S/c1-4-25(2,3)26-24(33)23(21-10-7-17-35-21)30(12-11-29-13-15-34-16-14-29)22(32)18-31-20-9-6-5-8-19(20)27-28-31/h5-10,17,23H,4,11-16,18H2,1-3H3,(H,26,33). The van der Waals surface area contributed by atoms with Crippen molar-refractivity contribution in [3.8, 4) is 0 Å². The molecule has 2 aromatic heterocycles. The van der Waals surface area contributed by atoms with Crippen LogP contribution in [0.15, 0.2) is 41.8 Å². The van der Waals surface area contributed by atoms with Gasteiger partial charge in [0.2, 0.25) is 11.8 Å². The quantitative estimate of drug-likeness (QED) is 0.462. The van der Waals surface area contributed by atoms with Crippen LogP contribution in [0.1, 0.15) is 38.1 Å². The van der Waals surface area contributed by atoms with E-state index in [0.29, 0.717) is 26.3 Å². The first kappa shape index (κ1) is 25.3. The number of ether oxygens (including phenoxy) is 1. The predicted molar refractivity (Wildman–Crippen MR) is 136 cm³/mol. The summed E-state index contributed by atoms with van der Waals surface area (Å²) in [6, 6.07) is 10.7. The first-order chi connectivity index (χ1) is 16.9. The number of fused-ring (bicyclic) bond motifs is 1. The fourth-order valence-corrected chi connectivity index (χ4v) is 4.92. The van der Waals surface area contributed by atoms with E-state index in [4.69, 9.17) is 4.74 Å². The van der Waals surface area contributed by atoms with E-state index >= 15 is 0 Å². The van der Waals surface area contributed by atoms with Crippen LogP contribution in [0.25, 0.3) is 11.0 Å². The summed E-state index contributed by atoms with van der Waals surface area (Å²) in [5.41, 5.74) is 1.14. The van der Waals surface area contributed by atoms with E-state index in [2.05, 4.69) is 20.5 Å². The Morgan fingerprint density at radius 3 is 2.69 bits per heavy atom. The number of hydrogen-bond acceptors (Lipinski definition) is 7. The van der Waals surface area contributed by atoms with E-state index in [1.807, 2.05) is 62.5 Å². The Morgan fingerprint density at radius 2 is 1.97 bits per heavy atom. The maximum Gasteiger partial charge on any atom is 0.248 e. The number of nitrogens with one attached hydrogen (secondary N) is 1. The van der Waals surface area contributed by atoms with Gasteiger partial charge in [-0.05, 0) is 43.8 Å². The maximum atomic E-state index is 13.8. The number of carbonyl (C=O) groups excluding carboxylic acids is 2. The van der Waals surface area contributed by atoms with Crippen LogP contribution in [0, 0.1) is 0 Å². The fourth-order valence-electron chi connectivity index (χ4n) is 4.09. The van der Waals surface area contributed by atoms with Crippen molar-refractivity contribution in [3.63, 3.8) is 0 Å². The highest BCUT2D eigenvalue weighted by molar-refractivity contribution is 7.10. The van der Waals surface area contributed by atoms with Crippen molar-refractivity contribution in [2.24, 2.45) is 0 Å². The number of thiophene rings is 1. The fraction of sp³-hybridized carbons (Fsp3) is 0.520. The highest BCUT2D eigenvalue weighted by Crippen LogP contribution is 2.27. The predicted octanol–water partition coefficient (Wildman–Crippen LogP) is 2.70. The molecule has 1 aliphatic rings. The van der Waals surface area contributed by atoms with Crippen molar-refractivity contribution >= 4 is 34.2 Å². The molecule has 1 aliphatic heterocycles. The van der Waals surface area contributed by atoms with Gasteiger partial charge in [0, 0.05) is 36.6 Å². The van der Waals surface area contributed by atoms with Crippen LogP contribution in [-0.2, 0) is 20.9 Å². The van der Waals surface area contributed by atoms with E-state index in [1.165, 1.54) is 11.3 Å². The summed E-state index contributed by atoms with van der Waals surface area (Å²) < 4.78 is 7.08. The Bertz CT molecular complexity index is 1120. The molecular formula is C25H34N6O3S. The topological polar surface area (TPSA) is 92.6 Å². The number of carbonyl (C=O) groups is 2. The molecule has 0 radical (unpaired) electrons. The SMILES string of the molecule is CCC(C)(C)NC(=O)C(c1cccs1)N(CCN1CCOCC1)C(=O)Cn1nnc2ccccc21. The Balaban J connectivity index is 1.63. The highest BCUT2D eigenvalue weighted by Gasteiger charge is 2.35. The van der Waals surface area contributed by atoms with Gasteiger partial charge in [-0.15, -0.1) is 16.4 Å². The zero-order valence-electron chi connectivity index (χ0n) is 20.6. The molecule has 35 heavy (non-hydrogen) atoms. The number of hydrogen-bond donors (Lipinski definition) is 1. The Labute approximate surface area is 210 Å². The minimum atomic E-state index is -0.718. The Morgan fingerprint density at radius 1 is 1.20 bits per heavy atom. The Kier molecular flexibility index (Phi) is 8.15. The largest absolute Gasteiger partial charge is 0.379 e. The van der Waals surface area contributed by atoms with Gasteiger partial charge in [0.25, 0.3) is 0 Å². The molecule has 1 fully saturated rings. The van der Waals surface area contributed by atoms with Crippen LogP contribution < -0.4 is 5.32 Å². The van der Waals surface area contributed by atoms with Crippen molar-refractivity contribution in [2.45, 2.75) is 45.3 Å². The summed E-state index contributed by atoms with van der Waals surface area (Å²) in [7, 11) is 0. The minimum absolute atomic E-state index is 0.00987. The van der Waals surface area contributed by atoms with Crippen LogP contribution in [-0.4, -0.2) is 81.5 Å². The zero-order valence-corrected chi connectivity index (χ0v) is 21.5. The van der Waals surface area contributed by atoms with Crippen molar-refractivity contribution in [3.05, 3.63) is 46.7 Å². The van der Waals surface area contributed by atoms with Crippen molar-refractivity contribution in [2.75, 3.05) is 39.4 Å². The first-order valence-corrected chi connectivity index (χ1v) is 13.0. The van der Waals surface area contributed by atoms with Gasteiger partial charge in [-0.2, -0.15) is 0 Å². The number of benzene rings is 1. The second-order valence-corrected chi connectivity index (χ2v) is 10.4. The van der Waals surface area contributed by atoms with E-state index in [0.717, 1.165) is 35.4 Å². The van der Waals surface area contributed by atoms with Crippen molar-refractivity contribution in [1.29, 1.82) is 0 Å². The summed E-state index contributed by atoms with van der Waals surface area (Å²) in [4.78, 5) is 32.3. The van der Waals surface area contributed by atoms with Gasteiger partial charge in [0.15, 0.2) is 0 Å². The summed E-state index contributed by atoms with van der Waals surface area (Å²) in [5, 5.41) is 13.5. The molecule has 2 amide bonds. The number of aromatic nitrogens is 3. The number of para-hydroxylation sites is 1. The van der Waals surface area contributed by atoms with Gasteiger partial charge in [0.05, 0.1) is 18.7 Å². The van der Waals surface area contributed by atoms with E-state index in [1.54, 1.807) is 9.58 Å². The normalized spacial score (nSPS) is 15.7. The second-order valence-electron chi connectivity index (χ2n) is 9.42. The lowest BCUT2D eigenvalue weighted by atomic mass is 10.0. The van der Waals surface area contributed by atoms with Gasteiger partial charge < -0.3 is 15.0 Å². The zero-order chi connectivity index (χ0) is 24.8. The van der Waals surface area contributed by atoms with Gasteiger partial charge in [-0.3, -0.25) is 14.5 Å². The molecule has 3 aromatic rings. The molecule has 1 N–H and O–H groups in total. The third-order valence-corrected chi connectivity index (χ3v) is 7.43. The summed E-state index contributed by atoms with van der Waals surface area (Å²) >= 11 is 1.49. The van der Waals surface area contributed by atoms with E-state index in [-0.39, 0.29) is 23.9 Å². The van der Waals surface area contributed by atoms with Gasteiger partial charge in [0.1, 0.15) is 18.1 Å². The van der Waals surface area contributed by atoms with Crippen LogP contribution in [0.5, 0.6) is 0 Å². The number of nitrogens with zero attached hydrogens (tertiary/aromatic N) is 5. The average Bonchev–Trinajstić information content (AvgIpc) is 3.52. The minimum Gasteiger partial charge on any atom is -0.379 e. The van der Waals surface area contributed by atoms with Crippen LogP contribution in [0.4, 0.5) is 0 Å². The molecule has 1 aromatic carbocycles. The molecule has 188 valence electrons.